The monoisotopic (exact) mass is 376 g/mol. The van der Waals surface area contributed by atoms with E-state index in [0.29, 0.717) is 6.61 Å². The topological polar surface area (TPSA) is 50.4 Å². The van der Waals surface area contributed by atoms with Crippen LogP contribution in [0.4, 0.5) is 10.5 Å². The van der Waals surface area contributed by atoms with Gasteiger partial charge in [-0.2, -0.15) is 0 Å². The zero-order chi connectivity index (χ0) is 16.8. The first kappa shape index (κ1) is 17.3. The molecule has 0 aliphatic rings. The molecule has 0 aliphatic carbocycles. The highest BCUT2D eigenvalue weighted by Gasteiger charge is 2.11. The maximum atomic E-state index is 11.6. The predicted molar refractivity (Wildman–Crippen MR) is 97.1 cm³/mol. The molecule has 0 unspecified atom stereocenters. The summed E-state index contributed by atoms with van der Waals surface area (Å²) in [6, 6.07) is 11.6. The van der Waals surface area contributed by atoms with Gasteiger partial charge in [-0.1, -0.05) is 41.1 Å². The van der Waals surface area contributed by atoms with E-state index in [1.807, 2.05) is 31.2 Å². The van der Waals surface area contributed by atoms with Crippen LogP contribution in [-0.2, 0) is 13.0 Å². The largest absolute Gasteiger partial charge is 0.489 e. The molecular weight excluding hydrogens is 356 g/mol. The highest BCUT2D eigenvalue weighted by molar-refractivity contribution is 9.10. The van der Waals surface area contributed by atoms with Gasteiger partial charge < -0.3 is 15.4 Å². The van der Waals surface area contributed by atoms with Crippen molar-refractivity contribution in [3.05, 3.63) is 57.6 Å². The molecule has 2 aromatic carbocycles. The lowest BCUT2D eigenvalue weighted by molar-refractivity contribution is 0.254. The van der Waals surface area contributed by atoms with E-state index in [-0.39, 0.29) is 6.03 Å². The number of aryl methyl sites for hydroxylation is 2. The number of hydrogen-bond donors (Lipinski definition) is 2. The highest BCUT2D eigenvalue weighted by atomic mass is 79.9. The van der Waals surface area contributed by atoms with Crippen LogP contribution in [0.3, 0.4) is 0 Å². The average Bonchev–Trinajstić information content (AvgIpc) is 2.55. The zero-order valence-corrected chi connectivity index (χ0v) is 15.2. The summed E-state index contributed by atoms with van der Waals surface area (Å²) in [5.74, 6) is 0.851. The van der Waals surface area contributed by atoms with E-state index in [2.05, 4.69) is 45.6 Å². The fraction of sp³-hybridized carbons (Fsp3) is 0.278. The van der Waals surface area contributed by atoms with Gasteiger partial charge in [0.1, 0.15) is 12.4 Å². The molecular formula is C18H21BrN2O2. The molecule has 0 saturated carbocycles. The lowest BCUT2D eigenvalue weighted by Gasteiger charge is -2.15. The number of nitrogens with one attached hydrogen (secondary N) is 2. The van der Waals surface area contributed by atoms with Crippen LogP contribution in [0.2, 0.25) is 0 Å². The smallest absolute Gasteiger partial charge is 0.318 e. The summed E-state index contributed by atoms with van der Waals surface area (Å²) in [6.45, 7) is 4.54. The quantitative estimate of drug-likeness (QED) is 0.797. The third-order valence-corrected chi connectivity index (χ3v) is 4.36. The Morgan fingerprint density at radius 2 is 2.04 bits per heavy atom. The van der Waals surface area contributed by atoms with E-state index in [4.69, 9.17) is 4.74 Å². The van der Waals surface area contributed by atoms with Gasteiger partial charge in [-0.15, -0.1) is 0 Å². The number of hydrogen-bond acceptors (Lipinski definition) is 2. The summed E-state index contributed by atoms with van der Waals surface area (Å²) in [5.41, 5.74) is 4.02. The Hall–Kier alpha value is -2.01. The zero-order valence-electron chi connectivity index (χ0n) is 13.6. The van der Waals surface area contributed by atoms with Crippen LogP contribution < -0.4 is 15.4 Å². The molecule has 0 aliphatic heterocycles. The fourth-order valence-electron chi connectivity index (χ4n) is 2.25. The number of anilines is 1. The van der Waals surface area contributed by atoms with Crippen molar-refractivity contribution in [3.8, 4) is 5.75 Å². The highest BCUT2D eigenvalue weighted by Crippen LogP contribution is 2.28. The van der Waals surface area contributed by atoms with E-state index in [9.17, 15) is 4.79 Å². The standard InChI is InChI=1S/C18H21BrN2O2/c1-4-13-8-9-17(12(2)10-13)23-11-14-15(19)6-5-7-16(14)21-18(22)20-3/h5-10H,4,11H2,1-3H3,(H2,20,21,22). The molecule has 0 aromatic heterocycles. The molecule has 122 valence electrons. The van der Waals surface area contributed by atoms with Crippen molar-refractivity contribution >= 4 is 27.6 Å². The first-order valence-electron chi connectivity index (χ1n) is 7.53. The van der Waals surface area contributed by atoms with Crippen LogP contribution >= 0.6 is 15.9 Å². The van der Waals surface area contributed by atoms with Crippen molar-refractivity contribution in [1.29, 1.82) is 0 Å². The molecule has 0 fully saturated rings. The van der Waals surface area contributed by atoms with Gasteiger partial charge in [-0.05, 0) is 42.7 Å². The van der Waals surface area contributed by atoms with Crippen molar-refractivity contribution in [3.63, 3.8) is 0 Å². The third-order valence-electron chi connectivity index (χ3n) is 3.61. The van der Waals surface area contributed by atoms with Gasteiger partial charge in [0.25, 0.3) is 0 Å². The molecule has 0 radical (unpaired) electrons. The van der Waals surface area contributed by atoms with E-state index in [1.165, 1.54) is 5.56 Å². The Morgan fingerprint density at radius 3 is 2.70 bits per heavy atom. The summed E-state index contributed by atoms with van der Waals surface area (Å²) in [6.07, 6.45) is 1.01. The number of ether oxygens (including phenoxy) is 1. The van der Waals surface area contributed by atoms with Crippen LogP contribution in [-0.4, -0.2) is 13.1 Å². The molecule has 5 heteroatoms. The lowest BCUT2D eigenvalue weighted by Crippen LogP contribution is -2.25. The molecule has 23 heavy (non-hydrogen) atoms. The van der Waals surface area contributed by atoms with E-state index < -0.39 is 0 Å². The maximum absolute atomic E-state index is 11.6. The molecule has 0 spiro atoms. The minimum absolute atomic E-state index is 0.257. The minimum Gasteiger partial charge on any atom is -0.489 e. The van der Waals surface area contributed by atoms with Crippen LogP contribution in [0.1, 0.15) is 23.6 Å². The average molecular weight is 377 g/mol. The second-order valence-corrected chi connectivity index (χ2v) is 6.07. The Kier molecular flexibility index (Phi) is 6.04. The number of rotatable bonds is 5. The second-order valence-electron chi connectivity index (χ2n) is 5.21. The van der Waals surface area contributed by atoms with Crippen LogP contribution in [0.5, 0.6) is 5.75 Å². The van der Waals surface area contributed by atoms with Gasteiger partial charge in [-0.25, -0.2) is 4.79 Å². The third kappa shape index (κ3) is 4.48. The molecule has 2 rings (SSSR count). The van der Waals surface area contributed by atoms with E-state index >= 15 is 0 Å². The lowest BCUT2D eigenvalue weighted by atomic mass is 10.1. The first-order chi connectivity index (χ1) is 11.0. The molecule has 2 N–H and O–H groups in total. The number of urea groups is 1. The second kappa shape index (κ2) is 8.02. The molecule has 0 saturated heterocycles. The Morgan fingerprint density at radius 1 is 1.26 bits per heavy atom. The fourth-order valence-corrected chi connectivity index (χ4v) is 2.73. The predicted octanol–water partition coefficient (Wildman–Crippen LogP) is 4.65. The summed E-state index contributed by atoms with van der Waals surface area (Å²) in [5, 5.41) is 5.36. The Balaban J connectivity index is 2.18. The summed E-state index contributed by atoms with van der Waals surface area (Å²) in [4.78, 5) is 11.6. The summed E-state index contributed by atoms with van der Waals surface area (Å²) >= 11 is 3.52. The summed E-state index contributed by atoms with van der Waals surface area (Å²) < 4.78 is 6.85. The SMILES string of the molecule is CCc1ccc(OCc2c(Br)cccc2NC(=O)NC)c(C)c1. The number of carbonyl (C=O) groups excluding carboxylic acids is 1. The summed E-state index contributed by atoms with van der Waals surface area (Å²) in [7, 11) is 1.59. The first-order valence-corrected chi connectivity index (χ1v) is 8.33. The number of carbonyl (C=O) groups is 1. The number of benzene rings is 2. The Bertz CT molecular complexity index is 701. The van der Waals surface area contributed by atoms with Crippen molar-refractivity contribution in [2.75, 3.05) is 12.4 Å². The van der Waals surface area contributed by atoms with Gasteiger partial charge in [0, 0.05) is 17.1 Å². The van der Waals surface area contributed by atoms with Gasteiger partial charge in [0.05, 0.1) is 5.69 Å². The molecule has 4 nitrogen and oxygen atoms in total. The van der Waals surface area contributed by atoms with Crippen molar-refractivity contribution < 1.29 is 9.53 Å². The minimum atomic E-state index is -0.257. The number of halogens is 1. The van der Waals surface area contributed by atoms with E-state index in [0.717, 1.165) is 33.5 Å². The Labute approximate surface area is 145 Å². The van der Waals surface area contributed by atoms with Crippen LogP contribution in [0.25, 0.3) is 0 Å². The maximum Gasteiger partial charge on any atom is 0.318 e. The van der Waals surface area contributed by atoms with Gasteiger partial charge >= 0.3 is 6.03 Å². The normalized spacial score (nSPS) is 10.3. The molecule has 2 amide bonds. The van der Waals surface area contributed by atoms with E-state index in [1.54, 1.807) is 7.05 Å². The molecule has 2 aromatic rings. The molecule has 0 bridgehead atoms. The number of amides is 2. The molecule has 0 heterocycles. The van der Waals surface area contributed by atoms with Gasteiger partial charge in [0.2, 0.25) is 0 Å². The van der Waals surface area contributed by atoms with Gasteiger partial charge in [-0.3, -0.25) is 0 Å². The van der Waals surface area contributed by atoms with Crippen molar-refractivity contribution in [1.82, 2.24) is 5.32 Å². The van der Waals surface area contributed by atoms with Crippen molar-refractivity contribution in [2.45, 2.75) is 26.9 Å². The van der Waals surface area contributed by atoms with Gasteiger partial charge in [0.15, 0.2) is 0 Å². The van der Waals surface area contributed by atoms with Crippen LogP contribution in [0, 0.1) is 6.92 Å². The van der Waals surface area contributed by atoms with Crippen LogP contribution in [0.15, 0.2) is 40.9 Å². The van der Waals surface area contributed by atoms with Crippen molar-refractivity contribution in [2.24, 2.45) is 0 Å². The molecule has 0 atom stereocenters.